The Bertz CT molecular complexity index is 972. The molecule has 0 bridgehead atoms. The van der Waals surface area contributed by atoms with Crippen molar-refractivity contribution in [2.24, 2.45) is 0 Å². The lowest BCUT2D eigenvalue weighted by Gasteiger charge is -2.18. The highest BCUT2D eigenvalue weighted by molar-refractivity contribution is 7.89. The summed E-state index contributed by atoms with van der Waals surface area (Å²) in [5, 5.41) is 17.0. The van der Waals surface area contributed by atoms with E-state index in [1.807, 2.05) is 6.07 Å². The van der Waals surface area contributed by atoms with E-state index < -0.39 is 16.1 Å². The molecular weight excluding hydrogens is 384 g/mol. The molecule has 142 valence electrons. The lowest BCUT2D eigenvalue weighted by Crippen LogP contribution is -2.32. The van der Waals surface area contributed by atoms with Crippen molar-refractivity contribution in [1.82, 2.24) is 4.31 Å². The first kappa shape index (κ1) is 19.4. The summed E-state index contributed by atoms with van der Waals surface area (Å²) in [7, 11) is -3.51. The van der Waals surface area contributed by atoms with Gasteiger partial charge >= 0.3 is 0 Å². The van der Waals surface area contributed by atoms with E-state index in [0.717, 1.165) is 12.8 Å². The summed E-state index contributed by atoms with van der Waals surface area (Å²) < 4.78 is 26.8. The van der Waals surface area contributed by atoms with Gasteiger partial charge in [-0.2, -0.15) is 9.57 Å². The lowest BCUT2D eigenvalue weighted by atomic mass is 10.2. The number of amides is 1. The van der Waals surface area contributed by atoms with Crippen molar-refractivity contribution in [2.45, 2.75) is 30.7 Å². The fourth-order valence-electron chi connectivity index (χ4n) is 2.85. The lowest BCUT2D eigenvalue weighted by molar-refractivity contribution is -0.116. The maximum atomic E-state index is 12.7. The standard InChI is InChI=1S/C18H20N4O3S2/c1-13(17(23)21-18-14(12-19)7-10-26-18)20-15-5-4-6-16(11-15)27(24,25)22-8-2-3-9-22/h4-7,10-11,13,20H,2-3,8-9H2,1H3,(H,21,23)/t13-/m0/s1. The molecule has 1 amide bonds. The van der Waals surface area contributed by atoms with Gasteiger partial charge in [0.15, 0.2) is 0 Å². The number of hydrogen-bond donors (Lipinski definition) is 2. The van der Waals surface area contributed by atoms with Crippen LogP contribution in [0, 0.1) is 11.3 Å². The molecule has 1 fully saturated rings. The van der Waals surface area contributed by atoms with Crippen molar-refractivity contribution < 1.29 is 13.2 Å². The summed E-state index contributed by atoms with van der Waals surface area (Å²) in [4.78, 5) is 12.6. The minimum absolute atomic E-state index is 0.215. The first-order valence-corrected chi connectivity index (χ1v) is 10.9. The van der Waals surface area contributed by atoms with Crippen LogP contribution in [-0.2, 0) is 14.8 Å². The zero-order chi connectivity index (χ0) is 19.4. The first-order valence-electron chi connectivity index (χ1n) is 8.57. The van der Waals surface area contributed by atoms with Gasteiger partial charge in [-0.25, -0.2) is 8.42 Å². The number of carbonyl (C=O) groups excluding carboxylic acids is 1. The second-order valence-corrected chi connectivity index (χ2v) is 9.12. The van der Waals surface area contributed by atoms with Crippen LogP contribution in [0.1, 0.15) is 25.3 Å². The van der Waals surface area contributed by atoms with Gasteiger partial charge < -0.3 is 10.6 Å². The number of hydrogen-bond acceptors (Lipinski definition) is 6. The van der Waals surface area contributed by atoms with E-state index in [4.69, 9.17) is 5.26 Å². The second-order valence-electron chi connectivity index (χ2n) is 6.27. The van der Waals surface area contributed by atoms with Crippen LogP contribution in [0.5, 0.6) is 0 Å². The van der Waals surface area contributed by atoms with Crippen LogP contribution in [0.4, 0.5) is 10.7 Å². The maximum Gasteiger partial charge on any atom is 0.247 e. The molecule has 1 aromatic carbocycles. The predicted octanol–water partition coefficient (Wildman–Crippen LogP) is 2.84. The number of nitrogens with zero attached hydrogens (tertiary/aromatic N) is 2. The van der Waals surface area contributed by atoms with Gasteiger partial charge in [0.1, 0.15) is 17.1 Å². The molecule has 1 aliphatic rings. The van der Waals surface area contributed by atoms with Gasteiger partial charge in [-0.15, -0.1) is 11.3 Å². The Hall–Kier alpha value is -2.41. The van der Waals surface area contributed by atoms with Crippen molar-refractivity contribution in [1.29, 1.82) is 5.26 Å². The fourth-order valence-corrected chi connectivity index (χ4v) is 5.16. The zero-order valence-corrected chi connectivity index (χ0v) is 16.4. The molecule has 0 saturated carbocycles. The highest BCUT2D eigenvalue weighted by Crippen LogP contribution is 2.24. The summed E-state index contributed by atoms with van der Waals surface area (Å²) in [6.07, 6.45) is 1.75. The summed E-state index contributed by atoms with van der Waals surface area (Å²) in [5.41, 5.74) is 0.962. The molecule has 2 aromatic rings. The molecule has 0 unspecified atom stereocenters. The molecule has 1 atom stereocenters. The van der Waals surface area contributed by atoms with E-state index in [9.17, 15) is 13.2 Å². The Balaban J connectivity index is 1.70. The van der Waals surface area contributed by atoms with Crippen LogP contribution in [0.2, 0.25) is 0 Å². The Morgan fingerprint density at radius 1 is 1.30 bits per heavy atom. The predicted molar refractivity (Wildman–Crippen MR) is 105 cm³/mol. The van der Waals surface area contributed by atoms with Gasteiger partial charge in [-0.3, -0.25) is 4.79 Å². The van der Waals surface area contributed by atoms with Gasteiger partial charge in [-0.05, 0) is 49.4 Å². The van der Waals surface area contributed by atoms with Crippen molar-refractivity contribution in [3.63, 3.8) is 0 Å². The van der Waals surface area contributed by atoms with Crippen LogP contribution in [0.25, 0.3) is 0 Å². The van der Waals surface area contributed by atoms with Crippen LogP contribution in [0.3, 0.4) is 0 Å². The summed E-state index contributed by atoms with van der Waals surface area (Å²) in [5.74, 6) is -0.304. The van der Waals surface area contributed by atoms with E-state index in [-0.39, 0.29) is 10.8 Å². The largest absolute Gasteiger partial charge is 0.374 e. The fraction of sp³-hybridized carbons (Fsp3) is 0.333. The monoisotopic (exact) mass is 404 g/mol. The molecule has 2 heterocycles. The van der Waals surface area contributed by atoms with Gasteiger partial charge in [-0.1, -0.05) is 6.07 Å². The third-order valence-corrected chi connectivity index (χ3v) is 7.06. The third kappa shape index (κ3) is 4.30. The second kappa shape index (κ2) is 8.08. The Morgan fingerprint density at radius 3 is 2.74 bits per heavy atom. The molecule has 1 aliphatic heterocycles. The van der Waals surface area contributed by atoms with Gasteiger partial charge in [0.25, 0.3) is 0 Å². The molecule has 0 aliphatic carbocycles. The number of rotatable bonds is 6. The quantitative estimate of drug-likeness (QED) is 0.771. The summed E-state index contributed by atoms with van der Waals surface area (Å²) in [6, 6.07) is 9.55. The normalized spacial score (nSPS) is 15.9. The van der Waals surface area contributed by atoms with Gasteiger partial charge in [0.2, 0.25) is 15.9 Å². The Kier molecular flexibility index (Phi) is 5.79. The van der Waals surface area contributed by atoms with E-state index >= 15 is 0 Å². The minimum Gasteiger partial charge on any atom is -0.374 e. The van der Waals surface area contributed by atoms with Crippen molar-refractivity contribution in [3.05, 3.63) is 41.3 Å². The van der Waals surface area contributed by atoms with E-state index in [2.05, 4.69) is 10.6 Å². The Morgan fingerprint density at radius 2 is 2.04 bits per heavy atom. The summed E-state index contributed by atoms with van der Waals surface area (Å²) >= 11 is 1.28. The number of thiophene rings is 1. The molecular formula is C18H20N4O3S2. The average molecular weight is 405 g/mol. The smallest absolute Gasteiger partial charge is 0.247 e. The number of benzene rings is 1. The average Bonchev–Trinajstić information content (AvgIpc) is 3.34. The zero-order valence-electron chi connectivity index (χ0n) is 14.8. The minimum atomic E-state index is -3.51. The maximum absolute atomic E-state index is 12.7. The van der Waals surface area contributed by atoms with E-state index in [0.29, 0.717) is 29.3 Å². The highest BCUT2D eigenvalue weighted by Gasteiger charge is 2.27. The first-order chi connectivity index (χ1) is 12.9. The van der Waals surface area contributed by atoms with Crippen LogP contribution in [0.15, 0.2) is 40.6 Å². The van der Waals surface area contributed by atoms with E-state index in [1.165, 1.54) is 15.6 Å². The van der Waals surface area contributed by atoms with Crippen molar-refractivity contribution in [2.75, 3.05) is 23.7 Å². The molecule has 0 spiro atoms. The van der Waals surface area contributed by atoms with Gasteiger partial charge in [0, 0.05) is 18.8 Å². The van der Waals surface area contributed by atoms with Crippen LogP contribution < -0.4 is 10.6 Å². The number of sulfonamides is 1. The number of carbonyl (C=O) groups is 1. The number of anilines is 2. The molecule has 1 aromatic heterocycles. The molecule has 9 heteroatoms. The SMILES string of the molecule is C[C@H](Nc1cccc(S(=O)(=O)N2CCCC2)c1)C(=O)Nc1sccc1C#N. The van der Waals surface area contributed by atoms with Gasteiger partial charge in [0.05, 0.1) is 10.5 Å². The van der Waals surface area contributed by atoms with Crippen LogP contribution >= 0.6 is 11.3 Å². The number of nitrogens with one attached hydrogen (secondary N) is 2. The van der Waals surface area contributed by atoms with Crippen LogP contribution in [-0.4, -0.2) is 37.8 Å². The molecule has 7 nitrogen and oxygen atoms in total. The molecule has 3 rings (SSSR count). The van der Waals surface area contributed by atoms with Crippen molar-refractivity contribution >= 4 is 38.0 Å². The molecule has 0 radical (unpaired) electrons. The molecule has 27 heavy (non-hydrogen) atoms. The Labute approximate surface area is 162 Å². The molecule has 2 N–H and O–H groups in total. The third-order valence-electron chi connectivity index (χ3n) is 4.34. The van der Waals surface area contributed by atoms with E-state index in [1.54, 1.807) is 42.6 Å². The summed E-state index contributed by atoms with van der Waals surface area (Å²) in [6.45, 7) is 2.76. The highest BCUT2D eigenvalue weighted by atomic mass is 32.2. The molecule has 1 saturated heterocycles. The number of nitriles is 1. The topological polar surface area (TPSA) is 102 Å². The van der Waals surface area contributed by atoms with Crippen molar-refractivity contribution in [3.8, 4) is 6.07 Å².